The average Bonchev–Trinajstić information content (AvgIpc) is 2.40. The molecule has 0 aliphatic rings. The van der Waals surface area contributed by atoms with Gasteiger partial charge in [-0.25, -0.2) is 8.42 Å². The van der Waals surface area contributed by atoms with E-state index in [-0.39, 0.29) is 4.90 Å². The Kier molecular flexibility index (Phi) is 4.44. The molecule has 0 fully saturated rings. The number of nitrogens with zero attached hydrogens (tertiary/aromatic N) is 1. The van der Waals surface area contributed by atoms with Gasteiger partial charge in [-0.15, -0.1) is 0 Å². The van der Waals surface area contributed by atoms with E-state index in [0.29, 0.717) is 12.2 Å². The van der Waals surface area contributed by atoms with Gasteiger partial charge in [0.05, 0.1) is 5.69 Å². The lowest BCUT2D eigenvalue weighted by molar-refractivity contribution is 0.403. The number of pyridine rings is 1. The quantitative estimate of drug-likeness (QED) is 0.870. The van der Waals surface area contributed by atoms with Gasteiger partial charge >= 0.3 is 0 Å². The number of para-hydroxylation sites is 1. The van der Waals surface area contributed by atoms with Crippen LogP contribution < -0.4 is 10.2 Å². The van der Waals surface area contributed by atoms with Crippen LogP contribution in [0.15, 0.2) is 52.4 Å². The molecule has 0 bridgehead atoms. The van der Waals surface area contributed by atoms with Crippen LogP contribution in [0, 0.1) is 0 Å². The summed E-state index contributed by atoms with van der Waals surface area (Å²) >= 11 is 0. The summed E-state index contributed by atoms with van der Waals surface area (Å²) in [7, 11) is -0.123. The van der Waals surface area contributed by atoms with Gasteiger partial charge in [0.25, 0.3) is 10.0 Å². The molecule has 1 heterocycles. The van der Waals surface area contributed by atoms with Crippen molar-refractivity contribution in [3.05, 3.63) is 58.5 Å². The highest BCUT2D eigenvalue weighted by molar-refractivity contribution is 7.92. The van der Waals surface area contributed by atoms with E-state index in [4.69, 9.17) is 0 Å². The van der Waals surface area contributed by atoms with E-state index in [9.17, 15) is 13.2 Å². The van der Waals surface area contributed by atoms with Crippen LogP contribution in [0.25, 0.3) is 0 Å². The Balaban J connectivity index is 2.38. The molecule has 1 aromatic heterocycles. The zero-order valence-corrected chi connectivity index (χ0v) is 12.6. The zero-order valence-electron chi connectivity index (χ0n) is 11.8. The molecule has 1 aromatic carbocycles. The molecule has 0 unspecified atom stereocenters. The van der Waals surface area contributed by atoms with Gasteiger partial charge in [-0.1, -0.05) is 18.2 Å². The number of sulfonamides is 1. The number of H-pyrrole nitrogens is 1. The summed E-state index contributed by atoms with van der Waals surface area (Å²) in [4.78, 5) is 15.9. The van der Waals surface area contributed by atoms with Crippen LogP contribution in [0.5, 0.6) is 0 Å². The predicted molar refractivity (Wildman–Crippen MR) is 81.7 cm³/mol. The van der Waals surface area contributed by atoms with Crippen LogP contribution in [-0.2, 0) is 16.6 Å². The number of rotatable bonds is 5. The van der Waals surface area contributed by atoms with Crippen LogP contribution in [0.3, 0.4) is 0 Å². The van der Waals surface area contributed by atoms with Crippen molar-refractivity contribution in [1.29, 1.82) is 0 Å². The molecule has 0 amide bonds. The molecule has 112 valence electrons. The molecule has 0 aliphatic carbocycles. The number of aromatic amines is 1. The van der Waals surface area contributed by atoms with E-state index in [1.807, 2.05) is 31.1 Å². The third kappa shape index (κ3) is 3.71. The fourth-order valence-electron chi connectivity index (χ4n) is 1.91. The third-order valence-corrected chi connectivity index (χ3v) is 4.21. The second-order valence-electron chi connectivity index (χ2n) is 4.87. The number of hydrogen-bond donors (Lipinski definition) is 2. The number of nitrogens with one attached hydrogen (secondary N) is 2. The lowest BCUT2D eigenvalue weighted by atomic mass is 10.2. The first-order valence-corrected chi connectivity index (χ1v) is 7.81. The SMILES string of the molecule is CN(C)Cc1ccccc1NS(=O)(=O)c1c[nH]ccc1=O. The van der Waals surface area contributed by atoms with Gasteiger partial charge in [-0.2, -0.15) is 0 Å². The number of benzene rings is 1. The minimum atomic E-state index is -3.91. The van der Waals surface area contributed by atoms with Gasteiger partial charge in [0.2, 0.25) is 5.43 Å². The Bertz CT molecular complexity index is 782. The number of anilines is 1. The van der Waals surface area contributed by atoms with E-state index in [1.165, 1.54) is 18.5 Å². The maximum absolute atomic E-state index is 12.3. The second-order valence-corrected chi connectivity index (χ2v) is 6.52. The summed E-state index contributed by atoms with van der Waals surface area (Å²) in [5.74, 6) is 0. The highest BCUT2D eigenvalue weighted by atomic mass is 32.2. The van der Waals surface area contributed by atoms with Crippen LogP contribution in [0.4, 0.5) is 5.69 Å². The first-order chi connectivity index (χ1) is 9.90. The van der Waals surface area contributed by atoms with Gasteiger partial charge in [-0.3, -0.25) is 9.52 Å². The smallest absolute Gasteiger partial charge is 0.267 e. The standard InChI is InChI=1S/C14H17N3O3S/c1-17(2)10-11-5-3-4-6-12(11)16-21(19,20)14-9-15-8-7-13(14)18/h3-9,16H,10H2,1-2H3,(H,15,18). The molecule has 0 aliphatic heterocycles. The molecule has 7 heteroatoms. The fraction of sp³-hybridized carbons (Fsp3) is 0.214. The molecule has 0 radical (unpaired) electrons. The molecule has 21 heavy (non-hydrogen) atoms. The van der Waals surface area contributed by atoms with Gasteiger partial charge in [-0.05, 0) is 25.7 Å². The summed E-state index contributed by atoms with van der Waals surface area (Å²) in [5, 5.41) is 0. The van der Waals surface area contributed by atoms with Gasteiger partial charge < -0.3 is 9.88 Å². The predicted octanol–water partition coefficient (Wildman–Crippen LogP) is 1.24. The summed E-state index contributed by atoms with van der Waals surface area (Å²) < 4.78 is 27.1. The molecule has 2 rings (SSSR count). The van der Waals surface area contributed by atoms with E-state index >= 15 is 0 Å². The molecule has 0 saturated carbocycles. The highest BCUT2D eigenvalue weighted by Gasteiger charge is 2.19. The highest BCUT2D eigenvalue weighted by Crippen LogP contribution is 2.19. The Labute approximate surface area is 123 Å². The van der Waals surface area contributed by atoms with Crippen molar-refractivity contribution in [2.45, 2.75) is 11.4 Å². The second kappa shape index (κ2) is 6.11. The maximum Gasteiger partial charge on any atom is 0.267 e. The molecule has 0 saturated heterocycles. The number of hydrogen-bond acceptors (Lipinski definition) is 4. The first-order valence-electron chi connectivity index (χ1n) is 6.33. The summed E-state index contributed by atoms with van der Waals surface area (Å²) in [6.07, 6.45) is 2.57. The normalized spacial score (nSPS) is 11.6. The molecule has 6 nitrogen and oxygen atoms in total. The van der Waals surface area contributed by atoms with Crippen LogP contribution in [0.2, 0.25) is 0 Å². The summed E-state index contributed by atoms with van der Waals surface area (Å²) in [6, 6.07) is 8.28. The maximum atomic E-state index is 12.3. The molecule has 2 N–H and O–H groups in total. The van der Waals surface area contributed by atoms with E-state index in [0.717, 1.165) is 5.56 Å². The molecular weight excluding hydrogens is 290 g/mol. The third-order valence-electron chi connectivity index (χ3n) is 2.83. The summed E-state index contributed by atoms with van der Waals surface area (Å²) in [6.45, 7) is 0.587. The van der Waals surface area contributed by atoms with Crippen molar-refractivity contribution in [2.75, 3.05) is 18.8 Å². The van der Waals surface area contributed by atoms with Crippen molar-refractivity contribution in [1.82, 2.24) is 9.88 Å². The van der Waals surface area contributed by atoms with Gasteiger partial charge in [0.15, 0.2) is 4.90 Å². The zero-order chi connectivity index (χ0) is 15.5. The Morgan fingerprint density at radius 3 is 2.57 bits per heavy atom. The van der Waals surface area contributed by atoms with Gasteiger partial charge in [0.1, 0.15) is 0 Å². The van der Waals surface area contributed by atoms with E-state index in [2.05, 4.69) is 9.71 Å². The Hall–Kier alpha value is -2.12. The van der Waals surface area contributed by atoms with Gasteiger partial charge in [0, 0.05) is 25.0 Å². The molecule has 2 aromatic rings. The Morgan fingerprint density at radius 1 is 1.19 bits per heavy atom. The molecular formula is C14H17N3O3S. The summed E-state index contributed by atoms with van der Waals surface area (Å²) in [5.41, 5.74) is 0.749. The lowest BCUT2D eigenvalue weighted by Crippen LogP contribution is -2.22. The minimum Gasteiger partial charge on any atom is -0.366 e. The molecule has 0 atom stereocenters. The fourth-order valence-corrected chi connectivity index (χ4v) is 3.06. The van der Waals surface area contributed by atoms with Crippen molar-refractivity contribution >= 4 is 15.7 Å². The van der Waals surface area contributed by atoms with E-state index < -0.39 is 15.5 Å². The molecule has 0 spiro atoms. The van der Waals surface area contributed by atoms with E-state index in [1.54, 1.807) is 12.1 Å². The Morgan fingerprint density at radius 2 is 1.90 bits per heavy atom. The number of aromatic nitrogens is 1. The topological polar surface area (TPSA) is 82.3 Å². The first kappa shape index (κ1) is 15.3. The van der Waals surface area contributed by atoms with Crippen LogP contribution in [0.1, 0.15) is 5.56 Å². The van der Waals surface area contributed by atoms with Crippen LogP contribution in [-0.4, -0.2) is 32.4 Å². The van der Waals surface area contributed by atoms with Crippen molar-refractivity contribution in [3.8, 4) is 0 Å². The van der Waals surface area contributed by atoms with Crippen LogP contribution >= 0.6 is 0 Å². The van der Waals surface area contributed by atoms with Crippen molar-refractivity contribution < 1.29 is 8.42 Å². The minimum absolute atomic E-state index is 0.301. The monoisotopic (exact) mass is 307 g/mol. The lowest BCUT2D eigenvalue weighted by Gasteiger charge is -2.15. The largest absolute Gasteiger partial charge is 0.366 e. The average molecular weight is 307 g/mol. The van der Waals surface area contributed by atoms with Crippen molar-refractivity contribution in [2.24, 2.45) is 0 Å². The van der Waals surface area contributed by atoms with Crippen molar-refractivity contribution in [3.63, 3.8) is 0 Å².